The molecule has 7 heteroatoms. The van der Waals surface area contributed by atoms with Gasteiger partial charge in [0, 0.05) is 10.8 Å². The SMILES string of the molecule is CC(C(=O)Nc1ccccc1SC(F)F)C1CNC1.Cl. The van der Waals surface area contributed by atoms with Gasteiger partial charge in [0.25, 0.3) is 5.76 Å². The average molecular weight is 323 g/mol. The number of amides is 1. The highest BCUT2D eigenvalue weighted by molar-refractivity contribution is 7.99. The van der Waals surface area contributed by atoms with Gasteiger partial charge >= 0.3 is 0 Å². The molecule has 1 aliphatic rings. The van der Waals surface area contributed by atoms with Gasteiger partial charge in [-0.25, -0.2) is 0 Å². The van der Waals surface area contributed by atoms with Crippen LogP contribution in [0.1, 0.15) is 6.92 Å². The molecule has 112 valence electrons. The maximum absolute atomic E-state index is 12.4. The number of benzene rings is 1. The highest BCUT2D eigenvalue weighted by Crippen LogP contribution is 2.32. The van der Waals surface area contributed by atoms with E-state index in [-0.39, 0.29) is 24.2 Å². The highest BCUT2D eigenvalue weighted by atomic mass is 35.5. The van der Waals surface area contributed by atoms with E-state index in [2.05, 4.69) is 10.6 Å². The molecule has 3 nitrogen and oxygen atoms in total. The number of anilines is 1. The molecule has 0 radical (unpaired) electrons. The summed E-state index contributed by atoms with van der Waals surface area (Å²) in [6.07, 6.45) is 0. The Labute approximate surface area is 127 Å². The lowest BCUT2D eigenvalue weighted by molar-refractivity contribution is -0.121. The molecule has 1 unspecified atom stereocenters. The van der Waals surface area contributed by atoms with Crippen molar-refractivity contribution in [2.75, 3.05) is 18.4 Å². The van der Waals surface area contributed by atoms with E-state index in [1.807, 2.05) is 6.92 Å². The smallest absolute Gasteiger partial charge is 0.288 e. The van der Waals surface area contributed by atoms with Gasteiger partial charge in [-0.3, -0.25) is 4.79 Å². The third-order valence-electron chi connectivity index (χ3n) is 3.29. The zero-order valence-corrected chi connectivity index (χ0v) is 12.6. The van der Waals surface area contributed by atoms with Crippen LogP contribution in [0.15, 0.2) is 29.2 Å². The minimum absolute atomic E-state index is 0. The zero-order valence-electron chi connectivity index (χ0n) is 10.9. The molecule has 0 saturated carbocycles. The standard InChI is InChI=1S/C13H16F2N2OS.ClH/c1-8(9-6-16-7-9)12(18)17-10-4-2-3-5-11(10)19-13(14)15;/h2-5,8-9,13,16H,6-7H2,1H3,(H,17,18);1H. The van der Waals surface area contributed by atoms with Crippen molar-refractivity contribution in [2.45, 2.75) is 17.6 Å². The van der Waals surface area contributed by atoms with Crippen LogP contribution in [0.4, 0.5) is 14.5 Å². The average Bonchev–Trinajstić information content (AvgIpc) is 2.28. The van der Waals surface area contributed by atoms with Gasteiger partial charge in [0.05, 0.1) is 5.69 Å². The third-order valence-corrected chi connectivity index (χ3v) is 4.08. The van der Waals surface area contributed by atoms with E-state index in [0.717, 1.165) is 13.1 Å². The van der Waals surface area contributed by atoms with Gasteiger partial charge in [0.15, 0.2) is 0 Å². The van der Waals surface area contributed by atoms with Crippen LogP contribution in [0.2, 0.25) is 0 Å². The van der Waals surface area contributed by atoms with E-state index in [0.29, 0.717) is 28.3 Å². The van der Waals surface area contributed by atoms with Gasteiger partial charge in [-0.05, 0) is 31.1 Å². The van der Waals surface area contributed by atoms with E-state index in [4.69, 9.17) is 0 Å². The maximum Gasteiger partial charge on any atom is 0.288 e. The molecule has 0 spiro atoms. The molecule has 1 atom stereocenters. The molecular weight excluding hydrogens is 306 g/mol. The predicted molar refractivity (Wildman–Crippen MR) is 79.7 cm³/mol. The van der Waals surface area contributed by atoms with Crippen molar-refractivity contribution >= 4 is 35.8 Å². The molecule has 1 aliphatic heterocycles. The molecule has 0 aliphatic carbocycles. The number of rotatable bonds is 5. The van der Waals surface area contributed by atoms with Crippen LogP contribution in [-0.4, -0.2) is 24.8 Å². The van der Waals surface area contributed by atoms with Crippen molar-refractivity contribution in [2.24, 2.45) is 11.8 Å². The molecule has 1 aromatic carbocycles. The Morgan fingerprint density at radius 3 is 2.60 bits per heavy atom. The summed E-state index contributed by atoms with van der Waals surface area (Å²) in [5.74, 6) is -2.40. The monoisotopic (exact) mass is 322 g/mol. The number of para-hydroxylation sites is 1. The molecule has 20 heavy (non-hydrogen) atoms. The van der Waals surface area contributed by atoms with E-state index < -0.39 is 5.76 Å². The second-order valence-electron chi connectivity index (χ2n) is 4.57. The van der Waals surface area contributed by atoms with Crippen molar-refractivity contribution in [3.63, 3.8) is 0 Å². The summed E-state index contributed by atoms with van der Waals surface area (Å²) in [6.45, 7) is 3.54. The highest BCUT2D eigenvalue weighted by Gasteiger charge is 2.29. The Morgan fingerprint density at radius 2 is 2.05 bits per heavy atom. The molecule has 2 N–H and O–H groups in total. The Bertz CT molecular complexity index is 458. The Balaban J connectivity index is 0.00000200. The molecule has 1 heterocycles. The van der Waals surface area contributed by atoms with Crippen LogP contribution in [0, 0.1) is 11.8 Å². The number of carbonyl (C=O) groups is 1. The fourth-order valence-electron chi connectivity index (χ4n) is 1.89. The molecule has 1 fully saturated rings. The third kappa shape index (κ3) is 4.33. The van der Waals surface area contributed by atoms with Crippen molar-refractivity contribution in [1.82, 2.24) is 5.32 Å². The summed E-state index contributed by atoms with van der Waals surface area (Å²) in [5, 5.41) is 5.86. The molecular formula is C13H17ClF2N2OS. The number of hydrogen-bond donors (Lipinski definition) is 2. The topological polar surface area (TPSA) is 41.1 Å². The fraction of sp³-hybridized carbons (Fsp3) is 0.462. The summed E-state index contributed by atoms with van der Waals surface area (Å²) in [4.78, 5) is 12.4. The van der Waals surface area contributed by atoms with E-state index in [1.165, 1.54) is 0 Å². The summed E-state index contributed by atoms with van der Waals surface area (Å²) >= 11 is 0.446. The quantitative estimate of drug-likeness (QED) is 0.818. The second-order valence-corrected chi connectivity index (χ2v) is 5.60. The van der Waals surface area contributed by atoms with Gasteiger partial charge in [-0.15, -0.1) is 12.4 Å². The molecule has 1 saturated heterocycles. The van der Waals surface area contributed by atoms with Gasteiger partial charge in [0.1, 0.15) is 0 Å². The fourth-order valence-corrected chi connectivity index (χ4v) is 2.49. The van der Waals surface area contributed by atoms with Crippen LogP contribution in [0.25, 0.3) is 0 Å². The predicted octanol–water partition coefficient (Wildman–Crippen LogP) is 3.22. The summed E-state index contributed by atoms with van der Waals surface area (Å²) in [5.41, 5.74) is 0.455. The number of halogens is 3. The van der Waals surface area contributed by atoms with Crippen molar-refractivity contribution in [3.8, 4) is 0 Å². The lowest BCUT2D eigenvalue weighted by atomic mass is 9.88. The van der Waals surface area contributed by atoms with Gasteiger partial charge in [-0.2, -0.15) is 8.78 Å². The Kier molecular flexibility index (Phi) is 6.71. The van der Waals surface area contributed by atoms with E-state index in [1.54, 1.807) is 24.3 Å². The minimum Gasteiger partial charge on any atom is -0.325 e. The van der Waals surface area contributed by atoms with E-state index >= 15 is 0 Å². The molecule has 1 aromatic rings. The number of alkyl halides is 2. The summed E-state index contributed by atoms with van der Waals surface area (Å²) in [7, 11) is 0. The zero-order chi connectivity index (χ0) is 13.8. The Hall–Kier alpha value is -0.850. The van der Waals surface area contributed by atoms with Crippen LogP contribution in [0.3, 0.4) is 0 Å². The normalized spacial score (nSPS) is 16.2. The first-order chi connectivity index (χ1) is 9.08. The van der Waals surface area contributed by atoms with Crippen molar-refractivity contribution in [1.29, 1.82) is 0 Å². The summed E-state index contributed by atoms with van der Waals surface area (Å²) < 4.78 is 24.9. The number of hydrogen-bond acceptors (Lipinski definition) is 3. The van der Waals surface area contributed by atoms with Crippen molar-refractivity contribution < 1.29 is 13.6 Å². The number of nitrogens with one attached hydrogen (secondary N) is 2. The minimum atomic E-state index is -2.49. The van der Waals surface area contributed by atoms with Crippen LogP contribution in [-0.2, 0) is 4.79 Å². The van der Waals surface area contributed by atoms with Crippen LogP contribution < -0.4 is 10.6 Å². The van der Waals surface area contributed by atoms with Gasteiger partial charge < -0.3 is 10.6 Å². The lowest BCUT2D eigenvalue weighted by Gasteiger charge is -2.31. The summed E-state index contributed by atoms with van der Waals surface area (Å²) in [6, 6.07) is 6.64. The Morgan fingerprint density at radius 1 is 1.40 bits per heavy atom. The number of carbonyl (C=O) groups excluding carboxylic acids is 1. The molecule has 2 rings (SSSR count). The first-order valence-electron chi connectivity index (χ1n) is 6.13. The largest absolute Gasteiger partial charge is 0.325 e. The molecule has 0 bridgehead atoms. The van der Waals surface area contributed by atoms with Crippen LogP contribution in [0.5, 0.6) is 0 Å². The van der Waals surface area contributed by atoms with Crippen LogP contribution >= 0.6 is 24.2 Å². The van der Waals surface area contributed by atoms with Crippen molar-refractivity contribution in [3.05, 3.63) is 24.3 Å². The lowest BCUT2D eigenvalue weighted by Crippen LogP contribution is -2.48. The second kappa shape index (κ2) is 7.81. The van der Waals surface area contributed by atoms with Gasteiger partial charge in [0.2, 0.25) is 5.91 Å². The maximum atomic E-state index is 12.4. The first-order valence-corrected chi connectivity index (χ1v) is 7.01. The first kappa shape index (κ1) is 17.2. The molecule has 1 amide bonds. The molecule has 0 aromatic heterocycles. The number of thioether (sulfide) groups is 1. The van der Waals surface area contributed by atoms with Gasteiger partial charge in [-0.1, -0.05) is 30.8 Å². The van der Waals surface area contributed by atoms with E-state index in [9.17, 15) is 13.6 Å².